The lowest BCUT2D eigenvalue weighted by molar-refractivity contribution is 0.351. The van der Waals surface area contributed by atoms with E-state index in [-0.39, 0.29) is 12.2 Å². The summed E-state index contributed by atoms with van der Waals surface area (Å²) < 4.78 is 1.90. The van der Waals surface area contributed by atoms with E-state index in [0.29, 0.717) is 6.54 Å². The number of fused-ring (bicyclic) bond motifs is 1. The van der Waals surface area contributed by atoms with Gasteiger partial charge in [0.1, 0.15) is 12.0 Å². The molecule has 0 unspecified atom stereocenters. The van der Waals surface area contributed by atoms with Crippen molar-refractivity contribution in [2.45, 2.75) is 19.9 Å². The van der Waals surface area contributed by atoms with Gasteiger partial charge >= 0.3 is 0 Å². The molecular formula is C23H21N3O2. The number of hydrogen-bond acceptors (Lipinski definition) is 4. The molecule has 0 saturated heterocycles. The van der Waals surface area contributed by atoms with Crippen LogP contribution in [-0.4, -0.2) is 25.0 Å². The van der Waals surface area contributed by atoms with Gasteiger partial charge in [-0.15, -0.1) is 0 Å². The quantitative estimate of drug-likeness (QED) is 0.487. The number of aliphatic hydroxyl groups is 2. The Balaban J connectivity index is 1.76. The van der Waals surface area contributed by atoms with E-state index in [1.54, 1.807) is 0 Å². The van der Waals surface area contributed by atoms with Gasteiger partial charge in [0, 0.05) is 28.6 Å². The van der Waals surface area contributed by atoms with Crippen LogP contribution in [0.25, 0.3) is 22.2 Å². The first-order chi connectivity index (χ1) is 13.7. The van der Waals surface area contributed by atoms with Crippen LogP contribution in [0.2, 0.25) is 0 Å². The molecule has 0 fully saturated rings. The predicted octanol–water partition coefficient (Wildman–Crippen LogP) is 4.95. The number of rotatable bonds is 5. The molecule has 0 saturated carbocycles. The van der Waals surface area contributed by atoms with Crippen LogP contribution < -0.4 is 0 Å². The van der Waals surface area contributed by atoms with Gasteiger partial charge in [-0.3, -0.25) is 9.67 Å². The van der Waals surface area contributed by atoms with Crippen molar-refractivity contribution in [3.63, 3.8) is 0 Å². The standard InChI is InChI=1S/C23H21N3O2/c1-16-21(13-20(28)15-27)23(18-8-3-2-4-9-18)25-26(16)14-19-12-11-17-7-5-6-10-22(17)24-19/h2-12,15,27-28H,13-14H2,1H3/b20-15+. The van der Waals surface area contributed by atoms with Gasteiger partial charge in [-0.25, -0.2) is 0 Å². The lowest BCUT2D eigenvalue weighted by Gasteiger charge is -2.06. The minimum Gasteiger partial charge on any atom is -0.512 e. The Morgan fingerprint density at radius 2 is 1.75 bits per heavy atom. The van der Waals surface area contributed by atoms with Gasteiger partial charge in [0.15, 0.2) is 0 Å². The van der Waals surface area contributed by atoms with Gasteiger partial charge in [0.25, 0.3) is 0 Å². The average molecular weight is 371 g/mol. The van der Waals surface area contributed by atoms with Crippen molar-refractivity contribution < 1.29 is 10.2 Å². The maximum atomic E-state index is 9.89. The number of aromatic nitrogens is 3. The van der Waals surface area contributed by atoms with E-state index in [2.05, 4.69) is 6.07 Å². The molecule has 140 valence electrons. The molecule has 28 heavy (non-hydrogen) atoms. The van der Waals surface area contributed by atoms with Crippen LogP contribution in [0.1, 0.15) is 17.0 Å². The zero-order chi connectivity index (χ0) is 19.5. The van der Waals surface area contributed by atoms with Gasteiger partial charge in [-0.05, 0) is 19.1 Å². The summed E-state index contributed by atoms with van der Waals surface area (Å²) in [5.74, 6) is -0.0938. The molecule has 0 aliphatic carbocycles. The Labute approximate surface area is 163 Å². The minimum absolute atomic E-state index is 0.0938. The van der Waals surface area contributed by atoms with Crippen LogP contribution in [-0.2, 0) is 13.0 Å². The normalized spacial score (nSPS) is 11.8. The Morgan fingerprint density at radius 3 is 2.54 bits per heavy atom. The fourth-order valence-corrected chi connectivity index (χ4v) is 3.35. The lowest BCUT2D eigenvalue weighted by atomic mass is 10.0. The number of nitrogens with zero attached hydrogens (tertiary/aromatic N) is 3. The Hall–Kier alpha value is -3.60. The van der Waals surface area contributed by atoms with Gasteiger partial charge in [0.05, 0.1) is 23.4 Å². The van der Waals surface area contributed by atoms with Crippen molar-refractivity contribution >= 4 is 10.9 Å². The summed E-state index contributed by atoms with van der Waals surface area (Å²) in [5, 5.41) is 24.9. The highest BCUT2D eigenvalue weighted by molar-refractivity contribution is 5.78. The maximum absolute atomic E-state index is 9.89. The van der Waals surface area contributed by atoms with Crippen LogP contribution >= 0.6 is 0 Å². The second-order valence-corrected chi connectivity index (χ2v) is 6.73. The molecule has 0 aliphatic heterocycles. The highest BCUT2D eigenvalue weighted by Crippen LogP contribution is 2.27. The van der Waals surface area contributed by atoms with Crippen LogP contribution in [0.15, 0.2) is 78.8 Å². The highest BCUT2D eigenvalue weighted by Gasteiger charge is 2.18. The van der Waals surface area contributed by atoms with E-state index in [0.717, 1.165) is 45.4 Å². The van der Waals surface area contributed by atoms with Crippen molar-refractivity contribution in [2.75, 3.05) is 0 Å². The fourth-order valence-electron chi connectivity index (χ4n) is 3.35. The summed E-state index contributed by atoms with van der Waals surface area (Å²) in [7, 11) is 0. The lowest BCUT2D eigenvalue weighted by Crippen LogP contribution is -2.06. The van der Waals surface area contributed by atoms with Gasteiger partial charge < -0.3 is 10.2 Å². The van der Waals surface area contributed by atoms with Crippen molar-refractivity contribution in [2.24, 2.45) is 0 Å². The number of aliphatic hydroxyl groups excluding tert-OH is 2. The van der Waals surface area contributed by atoms with Gasteiger partial charge in [-0.2, -0.15) is 5.10 Å². The molecule has 0 spiro atoms. The molecule has 4 aromatic rings. The first-order valence-corrected chi connectivity index (χ1v) is 9.14. The van der Waals surface area contributed by atoms with E-state index in [9.17, 15) is 5.11 Å². The number of allylic oxidation sites excluding steroid dienone is 1. The van der Waals surface area contributed by atoms with Crippen molar-refractivity contribution in [1.82, 2.24) is 14.8 Å². The summed E-state index contributed by atoms with van der Waals surface area (Å²) in [6, 6.07) is 22.0. The topological polar surface area (TPSA) is 71.2 Å². The fraction of sp³-hybridized carbons (Fsp3) is 0.130. The van der Waals surface area contributed by atoms with E-state index in [4.69, 9.17) is 15.2 Å². The summed E-state index contributed by atoms with van der Waals surface area (Å²) in [4.78, 5) is 4.74. The average Bonchev–Trinajstić information content (AvgIpc) is 3.04. The second-order valence-electron chi connectivity index (χ2n) is 6.73. The third kappa shape index (κ3) is 3.47. The maximum Gasteiger partial charge on any atom is 0.131 e. The molecule has 0 amide bonds. The molecule has 4 rings (SSSR count). The summed E-state index contributed by atoms with van der Waals surface area (Å²) in [6.45, 7) is 2.50. The third-order valence-corrected chi connectivity index (χ3v) is 4.85. The monoisotopic (exact) mass is 371 g/mol. The Kier molecular flexibility index (Phi) is 4.81. The molecule has 0 radical (unpaired) electrons. The summed E-state index contributed by atoms with van der Waals surface area (Å²) >= 11 is 0. The van der Waals surface area contributed by atoms with Crippen LogP contribution in [0.3, 0.4) is 0 Å². The number of pyridine rings is 1. The van der Waals surface area contributed by atoms with Gasteiger partial charge in [-0.1, -0.05) is 54.6 Å². The number of benzene rings is 2. The summed E-state index contributed by atoms with van der Waals surface area (Å²) in [6.07, 6.45) is 0.953. The number of para-hydroxylation sites is 1. The minimum atomic E-state index is -0.0938. The molecule has 0 atom stereocenters. The molecule has 0 bridgehead atoms. The van der Waals surface area contributed by atoms with E-state index >= 15 is 0 Å². The summed E-state index contributed by atoms with van der Waals surface area (Å²) in [5.41, 5.74) is 5.45. The molecule has 2 aromatic carbocycles. The van der Waals surface area contributed by atoms with Crippen LogP contribution in [0.4, 0.5) is 0 Å². The van der Waals surface area contributed by atoms with Gasteiger partial charge in [0.2, 0.25) is 0 Å². The van der Waals surface area contributed by atoms with E-state index in [1.807, 2.05) is 72.3 Å². The second kappa shape index (κ2) is 7.56. The largest absolute Gasteiger partial charge is 0.512 e. The molecule has 0 aliphatic rings. The zero-order valence-electron chi connectivity index (χ0n) is 15.6. The van der Waals surface area contributed by atoms with E-state index in [1.165, 1.54) is 0 Å². The highest BCUT2D eigenvalue weighted by atomic mass is 16.3. The Bertz CT molecular complexity index is 1150. The Morgan fingerprint density at radius 1 is 1.00 bits per heavy atom. The first kappa shape index (κ1) is 17.8. The van der Waals surface area contributed by atoms with E-state index < -0.39 is 0 Å². The molecule has 5 heteroatoms. The van der Waals surface area contributed by atoms with Crippen molar-refractivity contribution in [1.29, 1.82) is 0 Å². The van der Waals surface area contributed by atoms with Crippen molar-refractivity contribution in [3.05, 3.63) is 95.7 Å². The molecule has 2 aromatic heterocycles. The third-order valence-electron chi connectivity index (χ3n) is 4.85. The number of hydrogen-bond donors (Lipinski definition) is 2. The van der Waals surface area contributed by atoms with Crippen LogP contribution in [0.5, 0.6) is 0 Å². The molecule has 2 heterocycles. The molecule has 5 nitrogen and oxygen atoms in total. The van der Waals surface area contributed by atoms with Crippen LogP contribution in [0, 0.1) is 6.92 Å². The SMILES string of the molecule is Cc1c(C/C(O)=C\O)c(-c2ccccc2)nn1Cc1ccc2ccccc2n1. The first-order valence-electron chi connectivity index (χ1n) is 9.14. The predicted molar refractivity (Wildman–Crippen MR) is 110 cm³/mol. The van der Waals surface area contributed by atoms with Crippen molar-refractivity contribution in [3.8, 4) is 11.3 Å². The smallest absolute Gasteiger partial charge is 0.131 e. The molecule has 2 N–H and O–H groups in total. The zero-order valence-corrected chi connectivity index (χ0v) is 15.6. The molecular weight excluding hydrogens is 350 g/mol.